The van der Waals surface area contributed by atoms with Crippen LogP contribution < -0.4 is 10.5 Å². The van der Waals surface area contributed by atoms with Crippen molar-refractivity contribution in [1.29, 1.82) is 0 Å². The number of benzene rings is 1. The van der Waals surface area contributed by atoms with Crippen LogP contribution in [0.25, 0.3) is 0 Å². The molecule has 1 atom stereocenters. The Bertz CT molecular complexity index is 381. The standard InChI is InChI=1S/C16H25ClN2O/c17-14-5-7-16(8-6-14)20-13-3-12-19-11-2-1-4-15(19)9-10-18/h5-8,15H,1-4,9-13,18H2. The Morgan fingerprint density at radius 2 is 2.05 bits per heavy atom. The van der Waals surface area contributed by atoms with Gasteiger partial charge in [-0.15, -0.1) is 0 Å². The van der Waals surface area contributed by atoms with E-state index in [1.54, 1.807) is 0 Å². The van der Waals surface area contributed by atoms with Crippen LogP contribution in [0.2, 0.25) is 5.02 Å². The van der Waals surface area contributed by atoms with E-state index in [1.165, 1.54) is 25.8 Å². The Balaban J connectivity index is 1.67. The summed E-state index contributed by atoms with van der Waals surface area (Å²) in [5.41, 5.74) is 5.70. The fraction of sp³-hybridized carbons (Fsp3) is 0.625. The first-order valence-corrected chi connectivity index (χ1v) is 8.00. The van der Waals surface area contributed by atoms with Crippen LogP contribution in [0.1, 0.15) is 32.1 Å². The highest BCUT2D eigenvalue weighted by Crippen LogP contribution is 2.20. The molecule has 4 heteroatoms. The predicted octanol–water partition coefficient (Wildman–Crippen LogP) is 3.31. The summed E-state index contributed by atoms with van der Waals surface area (Å²) in [6.07, 6.45) is 6.15. The summed E-state index contributed by atoms with van der Waals surface area (Å²) in [5, 5.41) is 0.746. The zero-order valence-corrected chi connectivity index (χ0v) is 12.8. The number of hydrogen-bond donors (Lipinski definition) is 1. The van der Waals surface area contributed by atoms with Gasteiger partial charge in [0.2, 0.25) is 0 Å². The van der Waals surface area contributed by atoms with E-state index in [0.717, 1.165) is 43.3 Å². The molecule has 0 spiro atoms. The van der Waals surface area contributed by atoms with E-state index < -0.39 is 0 Å². The summed E-state index contributed by atoms with van der Waals surface area (Å²) in [5.74, 6) is 0.895. The Morgan fingerprint density at radius 1 is 1.25 bits per heavy atom. The topological polar surface area (TPSA) is 38.5 Å². The van der Waals surface area contributed by atoms with Crippen LogP contribution in [0.3, 0.4) is 0 Å². The van der Waals surface area contributed by atoms with Crippen molar-refractivity contribution in [3.8, 4) is 5.75 Å². The third-order valence-corrected chi connectivity index (χ3v) is 4.17. The molecule has 1 aliphatic rings. The monoisotopic (exact) mass is 296 g/mol. The van der Waals surface area contributed by atoms with Gasteiger partial charge in [-0.2, -0.15) is 0 Å². The first-order valence-electron chi connectivity index (χ1n) is 7.62. The van der Waals surface area contributed by atoms with Crippen molar-refractivity contribution in [2.45, 2.75) is 38.1 Å². The molecule has 20 heavy (non-hydrogen) atoms. The highest BCUT2D eigenvalue weighted by atomic mass is 35.5. The Morgan fingerprint density at radius 3 is 2.80 bits per heavy atom. The number of hydrogen-bond acceptors (Lipinski definition) is 3. The van der Waals surface area contributed by atoms with E-state index in [2.05, 4.69) is 4.90 Å². The highest BCUT2D eigenvalue weighted by molar-refractivity contribution is 6.30. The molecule has 112 valence electrons. The molecule has 1 unspecified atom stereocenters. The van der Waals surface area contributed by atoms with Gasteiger partial charge in [0.05, 0.1) is 6.61 Å². The smallest absolute Gasteiger partial charge is 0.119 e. The van der Waals surface area contributed by atoms with Crippen LogP contribution >= 0.6 is 11.6 Å². The number of likely N-dealkylation sites (tertiary alicyclic amines) is 1. The van der Waals surface area contributed by atoms with Gasteiger partial charge in [0.15, 0.2) is 0 Å². The molecular weight excluding hydrogens is 272 g/mol. The lowest BCUT2D eigenvalue weighted by atomic mass is 9.99. The lowest BCUT2D eigenvalue weighted by molar-refractivity contribution is 0.132. The molecule has 2 N–H and O–H groups in total. The first kappa shape index (κ1) is 15.6. The fourth-order valence-electron chi connectivity index (χ4n) is 2.86. The van der Waals surface area contributed by atoms with Crippen LogP contribution in [0.5, 0.6) is 5.75 Å². The fourth-order valence-corrected chi connectivity index (χ4v) is 2.99. The minimum Gasteiger partial charge on any atom is -0.494 e. The van der Waals surface area contributed by atoms with Gasteiger partial charge < -0.3 is 15.4 Å². The Hall–Kier alpha value is -0.770. The van der Waals surface area contributed by atoms with Crippen LogP contribution in [0, 0.1) is 0 Å². The number of nitrogens with two attached hydrogens (primary N) is 1. The normalized spacial score (nSPS) is 20.0. The minimum atomic E-state index is 0.685. The molecule has 1 saturated heterocycles. The molecule has 0 amide bonds. The van der Waals surface area contributed by atoms with Crippen LogP contribution in [0.4, 0.5) is 0 Å². The van der Waals surface area contributed by atoms with Gasteiger partial charge in [0.1, 0.15) is 5.75 Å². The third-order valence-electron chi connectivity index (χ3n) is 3.92. The zero-order chi connectivity index (χ0) is 14.2. The second-order valence-electron chi connectivity index (χ2n) is 5.42. The van der Waals surface area contributed by atoms with Gasteiger partial charge in [-0.05, 0) is 63.0 Å². The van der Waals surface area contributed by atoms with Gasteiger partial charge in [-0.1, -0.05) is 18.0 Å². The number of rotatable bonds is 7. The summed E-state index contributed by atoms with van der Waals surface area (Å²) in [4.78, 5) is 2.58. The van der Waals surface area contributed by atoms with Crippen molar-refractivity contribution in [2.24, 2.45) is 5.73 Å². The summed E-state index contributed by atoms with van der Waals surface area (Å²) in [7, 11) is 0. The third kappa shape index (κ3) is 4.97. The average Bonchev–Trinajstić information content (AvgIpc) is 2.47. The maximum absolute atomic E-state index is 5.85. The van der Waals surface area contributed by atoms with E-state index in [-0.39, 0.29) is 0 Å². The van der Waals surface area contributed by atoms with E-state index in [0.29, 0.717) is 6.04 Å². The van der Waals surface area contributed by atoms with Crippen molar-refractivity contribution < 1.29 is 4.74 Å². The molecule has 0 saturated carbocycles. The van der Waals surface area contributed by atoms with Crippen molar-refractivity contribution in [1.82, 2.24) is 4.90 Å². The highest BCUT2D eigenvalue weighted by Gasteiger charge is 2.20. The van der Waals surface area contributed by atoms with Gasteiger partial charge in [0.25, 0.3) is 0 Å². The van der Waals surface area contributed by atoms with Gasteiger partial charge >= 0.3 is 0 Å². The summed E-state index contributed by atoms with van der Waals surface area (Å²) >= 11 is 5.85. The van der Waals surface area contributed by atoms with E-state index in [9.17, 15) is 0 Å². The first-order chi connectivity index (χ1) is 9.79. The lowest BCUT2D eigenvalue weighted by Crippen LogP contribution is -2.41. The summed E-state index contributed by atoms with van der Waals surface area (Å²) in [6.45, 7) is 3.87. The summed E-state index contributed by atoms with van der Waals surface area (Å²) in [6, 6.07) is 8.24. The maximum Gasteiger partial charge on any atom is 0.119 e. The van der Waals surface area contributed by atoms with E-state index in [4.69, 9.17) is 22.1 Å². The number of nitrogens with zero attached hydrogens (tertiary/aromatic N) is 1. The maximum atomic E-state index is 5.85. The Kier molecular flexibility index (Phi) is 6.64. The van der Waals surface area contributed by atoms with Crippen LogP contribution in [-0.2, 0) is 0 Å². The molecule has 0 aromatic heterocycles. The van der Waals surface area contributed by atoms with Crippen molar-refractivity contribution >= 4 is 11.6 Å². The van der Waals surface area contributed by atoms with E-state index >= 15 is 0 Å². The largest absolute Gasteiger partial charge is 0.494 e. The second-order valence-corrected chi connectivity index (χ2v) is 5.86. The average molecular weight is 297 g/mol. The molecule has 0 aliphatic carbocycles. The molecule has 0 bridgehead atoms. The molecule has 1 fully saturated rings. The molecule has 1 aromatic rings. The minimum absolute atomic E-state index is 0.685. The van der Waals surface area contributed by atoms with Gasteiger partial charge in [-0.3, -0.25) is 0 Å². The van der Waals surface area contributed by atoms with Crippen molar-refractivity contribution in [3.63, 3.8) is 0 Å². The second kappa shape index (κ2) is 8.50. The molecule has 3 nitrogen and oxygen atoms in total. The molecule has 1 aromatic carbocycles. The van der Waals surface area contributed by atoms with Crippen molar-refractivity contribution in [2.75, 3.05) is 26.2 Å². The molecule has 0 radical (unpaired) electrons. The molecule has 1 heterocycles. The van der Waals surface area contributed by atoms with E-state index in [1.807, 2.05) is 24.3 Å². The van der Waals surface area contributed by atoms with Crippen LogP contribution in [-0.4, -0.2) is 37.2 Å². The number of ether oxygens (including phenoxy) is 1. The molecular formula is C16H25ClN2O. The molecule has 1 aliphatic heterocycles. The predicted molar refractivity (Wildman–Crippen MR) is 84.4 cm³/mol. The SMILES string of the molecule is NCCC1CCCCN1CCCOc1ccc(Cl)cc1. The zero-order valence-electron chi connectivity index (χ0n) is 12.1. The van der Waals surface area contributed by atoms with Gasteiger partial charge in [0, 0.05) is 17.6 Å². The quantitative estimate of drug-likeness (QED) is 0.785. The lowest BCUT2D eigenvalue weighted by Gasteiger charge is -2.35. The summed E-state index contributed by atoms with van der Waals surface area (Å²) < 4.78 is 5.74. The molecule has 2 rings (SSSR count). The van der Waals surface area contributed by atoms with Gasteiger partial charge in [-0.25, -0.2) is 0 Å². The number of piperidine rings is 1. The van der Waals surface area contributed by atoms with Crippen molar-refractivity contribution in [3.05, 3.63) is 29.3 Å². The Labute approximate surface area is 127 Å². The van der Waals surface area contributed by atoms with Crippen LogP contribution in [0.15, 0.2) is 24.3 Å². The number of halogens is 1.